The molecule has 2 saturated heterocycles. The second kappa shape index (κ2) is 27.0. The van der Waals surface area contributed by atoms with E-state index < -0.39 is 151 Å². The summed E-state index contributed by atoms with van der Waals surface area (Å²) in [5.41, 5.74) is 6.45. The maximum Gasteiger partial charge on any atom is 0.329 e. The lowest BCUT2D eigenvalue weighted by molar-refractivity contribution is -0.170. The summed E-state index contributed by atoms with van der Waals surface area (Å²) in [6, 6.07) is 2.96. The Balaban J connectivity index is 1.59. The highest BCUT2D eigenvalue weighted by Gasteiger charge is 2.47. The van der Waals surface area contributed by atoms with E-state index in [1.807, 2.05) is 0 Å². The molecule has 0 radical (unpaired) electrons. The van der Waals surface area contributed by atoms with Crippen LogP contribution >= 0.6 is 0 Å². The zero-order valence-corrected chi connectivity index (χ0v) is 42.8. The molecule has 5 rings (SSSR count). The summed E-state index contributed by atoms with van der Waals surface area (Å²) in [5.74, 6) is -10.1. The molecule has 410 valence electrons. The number of phenolic OH excluding ortho intramolecular Hbond substituents is 1. The number of rotatable bonds is 16. The number of esters is 1. The van der Waals surface area contributed by atoms with Gasteiger partial charge in [0.15, 0.2) is 0 Å². The van der Waals surface area contributed by atoms with Gasteiger partial charge in [0.05, 0.1) is 12.2 Å². The van der Waals surface area contributed by atoms with Crippen LogP contribution in [0.2, 0.25) is 0 Å². The Labute approximate surface area is 435 Å². The molecule has 23 heteroatoms. The van der Waals surface area contributed by atoms with Gasteiger partial charge in [-0.05, 0) is 87.5 Å². The summed E-state index contributed by atoms with van der Waals surface area (Å²) in [6.07, 6.45) is -5.11. The number of nitrogens with zero attached hydrogens (tertiary/aromatic N) is 2. The number of phenols is 1. The van der Waals surface area contributed by atoms with Gasteiger partial charge in [-0.1, -0.05) is 74.9 Å². The maximum atomic E-state index is 14.8. The van der Waals surface area contributed by atoms with Crippen LogP contribution < -0.4 is 32.3 Å². The number of likely N-dealkylation sites (N-methyl/N-ethyl adjacent to an activating group) is 1. The number of piperidine rings is 1. The molecule has 2 heterocycles. The molecule has 3 aliphatic rings. The number of cyclic esters (lactones) is 1. The minimum atomic E-state index is -1.91. The summed E-state index contributed by atoms with van der Waals surface area (Å²) in [6.45, 7) is 5.84. The molecule has 75 heavy (non-hydrogen) atoms. The third-order valence-electron chi connectivity index (χ3n) is 14.0. The van der Waals surface area contributed by atoms with E-state index in [0.29, 0.717) is 24.0 Å². The van der Waals surface area contributed by atoms with Crippen molar-refractivity contribution in [1.29, 1.82) is 0 Å². The summed E-state index contributed by atoms with van der Waals surface area (Å²) >= 11 is 0. The molecule has 2 aromatic carbocycles. The first-order chi connectivity index (χ1) is 35.5. The van der Waals surface area contributed by atoms with Crippen LogP contribution in [0.15, 0.2) is 66.7 Å². The van der Waals surface area contributed by atoms with Gasteiger partial charge in [-0.2, -0.15) is 0 Å². The Kier molecular flexibility index (Phi) is 21.2. The lowest BCUT2D eigenvalue weighted by atomic mass is 9.88. The van der Waals surface area contributed by atoms with Crippen LogP contribution in [-0.2, 0) is 60.7 Å². The molecule has 0 saturated carbocycles. The van der Waals surface area contributed by atoms with Crippen LogP contribution in [0.4, 0.5) is 0 Å². The minimum absolute atomic E-state index is 0.0615. The van der Waals surface area contributed by atoms with Crippen molar-refractivity contribution in [3.8, 4) is 5.75 Å². The number of carbonyl (C=O) groups excluding carboxylic acids is 9. The Morgan fingerprint density at radius 1 is 0.827 bits per heavy atom. The van der Waals surface area contributed by atoms with E-state index in [1.165, 1.54) is 51.2 Å². The molecule has 14 atom stereocenters. The standard InChI is InChI=1S/C52H72N8O15/c1-6-27(2)42-52(74)75-29(4)43(58-45(67)35(20-22-40(53)65)54-48(70)39(64)26-32-14-18-34(63)19-15-32)49(71)56-37(24-31-12-16-33(62)17-13-31)46(68)55-36-21-23-41(66)60(50(36)72)44(28(3)61)51(73)59(5)38(47(69)57-42)25-30-10-8-7-9-11-30/h7-12,14-16,18-19,27-29,31,33,35-39,41-44,61-64,66H,6,13,17,20-26H2,1-5H3,(H2,53,65)(H,54,70)(H,55,68)(H,56,71)(H,57,69)(H,58,67)/t27-,28+,29+,31-,33-,35-,36-,37-,38-,39+,41-,42-,43+,44-/m0/s1. The van der Waals surface area contributed by atoms with E-state index in [0.717, 1.165) is 9.80 Å². The first-order valence-electron chi connectivity index (χ1n) is 25.3. The number of amides is 8. The van der Waals surface area contributed by atoms with Gasteiger partial charge in [0.25, 0.3) is 0 Å². The van der Waals surface area contributed by atoms with Gasteiger partial charge >= 0.3 is 5.97 Å². The zero-order valence-electron chi connectivity index (χ0n) is 42.8. The Morgan fingerprint density at radius 3 is 2.12 bits per heavy atom. The minimum Gasteiger partial charge on any atom is -0.508 e. The largest absolute Gasteiger partial charge is 0.508 e. The molecule has 2 bridgehead atoms. The number of nitrogens with two attached hydrogens (primary N) is 1. The number of aliphatic hydroxyl groups is 4. The number of carbonyl (C=O) groups is 9. The first kappa shape index (κ1) is 58.9. The highest BCUT2D eigenvalue weighted by Crippen LogP contribution is 2.27. The molecule has 8 amide bonds. The topological polar surface area (TPSA) is 357 Å². The van der Waals surface area contributed by atoms with Crippen LogP contribution in [0, 0.1) is 11.8 Å². The van der Waals surface area contributed by atoms with E-state index >= 15 is 0 Å². The zero-order chi connectivity index (χ0) is 55.3. The van der Waals surface area contributed by atoms with Gasteiger partial charge in [0.2, 0.25) is 47.3 Å². The number of primary amides is 1. The number of allylic oxidation sites excluding steroid dienone is 1. The summed E-state index contributed by atoms with van der Waals surface area (Å²) in [7, 11) is 1.27. The number of hydrogen-bond donors (Lipinski definition) is 11. The van der Waals surface area contributed by atoms with Gasteiger partial charge in [-0.15, -0.1) is 0 Å². The van der Waals surface area contributed by atoms with Crippen molar-refractivity contribution < 1.29 is 73.4 Å². The second-order valence-electron chi connectivity index (χ2n) is 19.7. The molecule has 0 aromatic heterocycles. The Hall–Kier alpha value is -6.95. The predicted octanol–water partition coefficient (Wildman–Crippen LogP) is -1.55. The van der Waals surface area contributed by atoms with Gasteiger partial charge < -0.3 is 72.4 Å². The number of fused-ring (bicyclic) bond motifs is 2. The van der Waals surface area contributed by atoms with Crippen LogP contribution in [0.5, 0.6) is 5.75 Å². The van der Waals surface area contributed by atoms with E-state index in [9.17, 15) is 68.7 Å². The third kappa shape index (κ3) is 16.0. The number of aromatic hydroxyl groups is 1. The smallest absolute Gasteiger partial charge is 0.329 e. The summed E-state index contributed by atoms with van der Waals surface area (Å²) < 4.78 is 5.93. The molecule has 1 aliphatic carbocycles. The van der Waals surface area contributed by atoms with E-state index in [2.05, 4.69) is 26.6 Å². The normalized spacial score (nSPS) is 27.9. The number of hydrogen-bond acceptors (Lipinski definition) is 15. The van der Waals surface area contributed by atoms with Crippen molar-refractivity contribution in [3.63, 3.8) is 0 Å². The monoisotopic (exact) mass is 1050 g/mol. The predicted molar refractivity (Wildman–Crippen MR) is 268 cm³/mol. The van der Waals surface area contributed by atoms with Crippen LogP contribution in [-0.4, -0.2) is 169 Å². The molecule has 2 fully saturated rings. The number of nitrogens with one attached hydrogen (secondary N) is 5. The summed E-state index contributed by atoms with van der Waals surface area (Å²) in [4.78, 5) is 129. The number of ether oxygens (including phenoxy) is 1. The van der Waals surface area contributed by atoms with E-state index in [-0.39, 0.29) is 44.3 Å². The molecule has 12 N–H and O–H groups in total. The fourth-order valence-corrected chi connectivity index (χ4v) is 9.32. The summed E-state index contributed by atoms with van der Waals surface area (Å²) in [5, 5.41) is 66.2. The average Bonchev–Trinajstić information content (AvgIpc) is 3.37. The Bertz CT molecular complexity index is 2390. The van der Waals surface area contributed by atoms with Gasteiger partial charge in [-0.3, -0.25) is 38.4 Å². The molecular weight excluding hydrogens is 977 g/mol. The average molecular weight is 1050 g/mol. The maximum absolute atomic E-state index is 14.8. The van der Waals surface area contributed by atoms with Gasteiger partial charge in [-0.25, -0.2) is 4.79 Å². The lowest BCUT2D eigenvalue weighted by Crippen LogP contribution is -2.67. The van der Waals surface area contributed by atoms with Crippen molar-refractivity contribution >= 4 is 53.2 Å². The molecule has 0 unspecified atom stereocenters. The first-order valence-corrected chi connectivity index (χ1v) is 25.3. The highest BCUT2D eigenvalue weighted by atomic mass is 16.5. The van der Waals surface area contributed by atoms with E-state index in [1.54, 1.807) is 50.3 Å². The second-order valence-corrected chi connectivity index (χ2v) is 19.7. The molecule has 0 spiro atoms. The van der Waals surface area contributed by atoms with Crippen molar-refractivity contribution in [1.82, 2.24) is 36.4 Å². The molecule has 2 aliphatic heterocycles. The Morgan fingerprint density at radius 2 is 1.51 bits per heavy atom. The number of aliphatic hydroxyl groups excluding tert-OH is 4. The van der Waals surface area contributed by atoms with Crippen LogP contribution in [0.1, 0.15) is 90.2 Å². The highest BCUT2D eigenvalue weighted by molar-refractivity contribution is 5.98. The van der Waals surface area contributed by atoms with Crippen molar-refractivity contribution in [2.45, 2.75) is 165 Å². The number of benzene rings is 2. The van der Waals surface area contributed by atoms with Gasteiger partial charge in [0.1, 0.15) is 66.5 Å². The van der Waals surface area contributed by atoms with E-state index in [4.69, 9.17) is 10.5 Å². The molecular formula is C52H72N8O15. The molecule has 23 nitrogen and oxygen atoms in total. The van der Waals surface area contributed by atoms with Crippen LogP contribution in [0.25, 0.3) is 0 Å². The fraction of sp³-hybridized carbons (Fsp3) is 0.558. The molecule has 2 aromatic rings. The quantitative estimate of drug-likeness (QED) is 0.0670. The SMILES string of the molecule is CC[C@H](C)[C@@H]1NC(=O)[C@H](Cc2ccccc2)N(C)C(=O)[C@H]([C@@H](C)O)N2C(=O)[C@H](CC[C@@H]2O)NC(=O)[C@H](C[C@H]2C=C[C@H](O)CC2)NC(=O)[C@H](NC(=O)[C@H](CCC(N)=O)NC(=O)[C@H](O)Cc2ccc(O)cc2)[C@@H](C)OC1=O. The fourth-order valence-electron chi connectivity index (χ4n) is 9.32. The lowest BCUT2D eigenvalue weighted by Gasteiger charge is -2.43. The van der Waals surface area contributed by atoms with Gasteiger partial charge in [0, 0.05) is 26.3 Å². The van der Waals surface area contributed by atoms with Crippen molar-refractivity contribution in [2.24, 2.45) is 17.6 Å². The van der Waals surface area contributed by atoms with Crippen molar-refractivity contribution in [3.05, 3.63) is 77.9 Å². The van der Waals surface area contributed by atoms with Crippen LogP contribution in [0.3, 0.4) is 0 Å². The third-order valence-corrected chi connectivity index (χ3v) is 14.0. The van der Waals surface area contributed by atoms with Crippen molar-refractivity contribution in [2.75, 3.05) is 7.05 Å².